The number of carbonyl (C=O) groups excluding carboxylic acids is 2. The highest BCUT2D eigenvalue weighted by Crippen LogP contribution is 2.47. The standard InChI is InChI=1S/C13H18N2O5S/c1-4-21-11-8(14-6(3)17)9-7(5(2)16)12(18)15(9)10(11)13(19)20/h5,7-9,16H,4H2,1-3H3,(H,14,17)(H,19,20)/t5?,7?,8?,9-/m0/s1. The van der Waals surface area contributed by atoms with Gasteiger partial charge in [0.15, 0.2) is 0 Å². The monoisotopic (exact) mass is 314 g/mol. The van der Waals surface area contributed by atoms with Crippen LogP contribution in [0.1, 0.15) is 20.8 Å². The Morgan fingerprint density at radius 2 is 2.10 bits per heavy atom. The molecule has 0 aromatic rings. The normalized spacial score (nSPS) is 29.0. The van der Waals surface area contributed by atoms with Crippen molar-refractivity contribution < 1.29 is 24.6 Å². The largest absolute Gasteiger partial charge is 0.477 e. The Balaban J connectivity index is 2.45. The third kappa shape index (κ3) is 2.42. The van der Waals surface area contributed by atoms with Gasteiger partial charge in [0, 0.05) is 11.8 Å². The van der Waals surface area contributed by atoms with Gasteiger partial charge in [0.1, 0.15) is 5.70 Å². The summed E-state index contributed by atoms with van der Waals surface area (Å²) in [6, 6.07) is -1.10. The number of nitrogens with one attached hydrogen (secondary N) is 1. The number of nitrogens with zero attached hydrogens (tertiary/aromatic N) is 1. The number of aliphatic carboxylic acids is 1. The first-order valence-corrected chi connectivity index (χ1v) is 7.68. The van der Waals surface area contributed by atoms with Crippen LogP contribution >= 0.6 is 11.8 Å². The van der Waals surface area contributed by atoms with Crippen LogP contribution in [0.4, 0.5) is 0 Å². The van der Waals surface area contributed by atoms with Crippen molar-refractivity contribution >= 4 is 29.5 Å². The summed E-state index contributed by atoms with van der Waals surface area (Å²) in [6.45, 7) is 4.71. The zero-order chi connectivity index (χ0) is 15.9. The number of thioether (sulfide) groups is 1. The van der Waals surface area contributed by atoms with Crippen LogP contribution in [0, 0.1) is 5.92 Å². The molecule has 3 unspecified atom stereocenters. The van der Waals surface area contributed by atoms with E-state index in [1.807, 2.05) is 6.92 Å². The predicted octanol–water partition coefficient (Wildman–Crippen LogP) is -0.238. The Hall–Kier alpha value is -1.54. The van der Waals surface area contributed by atoms with Crippen molar-refractivity contribution in [3.8, 4) is 0 Å². The zero-order valence-electron chi connectivity index (χ0n) is 12.0. The molecule has 2 amide bonds. The molecule has 0 radical (unpaired) electrons. The maximum atomic E-state index is 12.1. The lowest BCUT2D eigenvalue weighted by molar-refractivity contribution is -0.162. The number of carboxylic acids is 1. The Morgan fingerprint density at radius 3 is 2.52 bits per heavy atom. The summed E-state index contributed by atoms with van der Waals surface area (Å²) in [7, 11) is 0. The molecule has 116 valence electrons. The van der Waals surface area contributed by atoms with Crippen LogP contribution in [0.5, 0.6) is 0 Å². The average Bonchev–Trinajstić information content (AvgIpc) is 2.60. The van der Waals surface area contributed by atoms with Gasteiger partial charge in [0.2, 0.25) is 11.8 Å². The van der Waals surface area contributed by atoms with Gasteiger partial charge in [0.05, 0.1) is 24.1 Å². The Morgan fingerprint density at radius 1 is 1.48 bits per heavy atom. The molecule has 2 aliphatic rings. The minimum atomic E-state index is -1.19. The van der Waals surface area contributed by atoms with Gasteiger partial charge >= 0.3 is 5.97 Å². The molecule has 0 aliphatic carbocycles. The molecule has 0 spiro atoms. The molecule has 2 heterocycles. The van der Waals surface area contributed by atoms with Crippen LogP contribution in [0.25, 0.3) is 0 Å². The average molecular weight is 314 g/mol. The van der Waals surface area contributed by atoms with Gasteiger partial charge in [-0.25, -0.2) is 4.79 Å². The fraction of sp³-hybridized carbons (Fsp3) is 0.615. The van der Waals surface area contributed by atoms with Gasteiger partial charge in [-0.05, 0) is 12.7 Å². The van der Waals surface area contributed by atoms with Crippen LogP contribution in [-0.4, -0.2) is 56.8 Å². The first kappa shape index (κ1) is 15.8. The Bertz CT molecular complexity index is 531. The lowest BCUT2D eigenvalue weighted by Gasteiger charge is -2.46. The smallest absolute Gasteiger partial charge is 0.353 e. The molecule has 0 aromatic heterocycles. The third-order valence-corrected chi connectivity index (χ3v) is 4.71. The molecule has 2 aliphatic heterocycles. The summed E-state index contributed by atoms with van der Waals surface area (Å²) in [4.78, 5) is 36.7. The first-order valence-electron chi connectivity index (χ1n) is 6.69. The molecule has 0 saturated carbocycles. The van der Waals surface area contributed by atoms with Gasteiger partial charge in [-0.3, -0.25) is 14.5 Å². The summed E-state index contributed by atoms with van der Waals surface area (Å²) < 4.78 is 0. The molecule has 8 heteroatoms. The van der Waals surface area contributed by atoms with E-state index in [9.17, 15) is 24.6 Å². The summed E-state index contributed by atoms with van der Waals surface area (Å²) in [5.41, 5.74) is -0.0764. The van der Waals surface area contributed by atoms with E-state index in [1.54, 1.807) is 0 Å². The van der Waals surface area contributed by atoms with Crippen molar-refractivity contribution in [1.29, 1.82) is 0 Å². The number of amides is 2. The molecular formula is C13H18N2O5S. The van der Waals surface area contributed by atoms with E-state index in [2.05, 4.69) is 5.32 Å². The first-order chi connectivity index (χ1) is 9.81. The molecule has 0 aromatic carbocycles. The number of carbonyl (C=O) groups is 3. The second-order valence-corrected chi connectivity index (χ2v) is 6.40. The van der Waals surface area contributed by atoms with Crippen molar-refractivity contribution in [2.45, 2.75) is 39.0 Å². The third-order valence-electron chi connectivity index (χ3n) is 3.67. The number of hydrogen-bond acceptors (Lipinski definition) is 5. The summed E-state index contributed by atoms with van der Waals surface area (Å²) >= 11 is 1.30. The van der Waals surface area contributed by atoms with E-state index < -0.39 is 36.0 Å². The molecule has 0 bridgehead atoms. The molecule has 21 heavy (non-hydrogen) atoms. The second kappa shape index (κ2) is 5.69. The van der Waals surface area contributed by atoms with Gasteiger partial charge in [-0.15, -0.1) is 11.8 Å². The fourth-order valence-electron chi connectivity index (χ4n) is 2.95. The maximum absolute atomic E-state index is 12.1. The second-order valence-electron chi connectivity index (χ2n) is 5.09. The molecule has 3 N–H and O–H groups in total. The molecule has 4 atom stereocenters. The van der Waals surface area contributed by atoms with Crippen LogP contribution in [0.3, 0.4) is 0 Å². The number of rotatable bonds is 5. The fourth-order valence-corrected chi connectivity index (χ4v) is 3.96. The summed E-state index contributed by atoms with van der Waals surface area (Å²) in [5.74, 6) is -1.97. The molecular weight excluding hydrogens is 296 g/mol. The van der Waals surface area contributed by atoms with E-state index in [0.29, 0.717) is 10.7 Å². The molecule has 1 saturated heterocycles. The number of fused-ring (bicyclic) bond motifs is 1. The van der Waals surface area contributed by atoms with Crippen LogP contribution in [0.2, 0.25) is 0 Å². The number of β-lactam (4-membered cyclic amide) rings is 1. The van der Waals surface area contributed by atoms with E-state index in [-0.39, 0.29) is 11.6 Å². The van der Waals surface area contributed by atoms with Crippen molar-refractivity contribution in [3.63, 3.8) is 0 Å². The highest BCUT2D eigenvalue weighted by molar-refractivity contribution is 8.03. The van der Waals surface area contributed by atoms with Gasteiger partial charge in [-0.2, -0.15) is 0 Å². The van der Waals surface area contributed by atoms with Gasteiger partial charge in [-0.1, -0.05) is 6.92 Å². The molecule has 2 rings (SSSR count). The molecule has 1 fully saturated rings. The lowest BCUT2D eigenvalue weighted by atomic mass is 9.81. The quantitative estimate of drug-likeness (QED) is 0.605. The number of hydrogen-bond donors (Lipinski definition) is 3. The highest BCUT2D eigenvalue weighted by atomic mass is 32.2. The number of aliphatic hydroxyl groups is 1. The van der Waals surface area contributed by atoms with Crippen LogP contribution < -0.4 is 5.32 Å². The van der Waals surface area contributed by atoms with E-state index in [0.717, 1.165) is 0 Å². The van der Waals surface area contributed by atoms with Crippen LogP contribution in [0.15, 0.2) is 10.6 Å². The summed E-state index contributed by atoms with van der Waals surface area (Å²) in [5, 5.41) is 21.8. The zero-order valence-corrected chi connectivity index (χ0v) is 12.8. The lowest BCUT2D eigenvalue weighted by Crippen LogP contribution is -2.67. The predicted molar refractivity (Wildman–Crippen MR) is 76.2 cm³/mol. The Labute approximate surface area is 126 Å². The number of aliphatic hydroxyl groups excluding tert-OH is 1. The Kier molecular flexibility index (Phi) is 4.29. The number of carboxylic acid groups (broad SMARTS) is 1. The highest BCUT2D eigenvalue weighted by Gasteiger charge is 2.61. The van der Waals surface area contributed by atoms with Crippen molar-refractivity contribution in [3.05, 3.63) is 10.6 Å². The van der Waals surface area contributed by atoms with Crippen molar-refractivity contribution in [2.75, 3.05) is 5.75 Å². The van der Waals surface area contributed by atoms with Crippen LogP contribution in [-0.2, 0) is 14.4 Å². The SMILES string of the molecule is CCSC1=C(C(=O)O)N2C(=O)C(C(C)O)[C@H]2C1NC(C)=O. The minimum absolute atomic E-state index is 0.0764. The van der Waals surface area contributed by atoms with Crippen molar-refractivity contribution in [1.82, 2.24) is 10.2 Å². The van der Waals surface area contributed by atoms with E-state index in [1.165, 1.54) is 30.5 Å². The van der Waals surface area contributed by atoms with Gasteiger partial charge in [0.25, 0.3) is 0 Å². The minimum Gasteiger partial charge on any atom is -0.477 e. The molecule has 7 nitrogen and oxygen atoms in total. The van der Waals surface area contributed by atoms with Crippen molar-refractivity contribution in [2.24, 2.45) is 5.92 Å². The maximum Gasteiger partial charge on any atom is 0.353 e. The summed E-state index contributed by atoms with van der Waals surface area (Å²) in [6.07, 6.45) is -0.893. The topological polar surface area (TPSA) is 107 Å². The van der Waals surface area contributed by atoms with E-state index in [4.69, 9.17) is 0 Å². The van der Waals surface area contributed by atoms with E-state index >= 15 is 0 Å². The van der Waals surface area contributed by atoms with Gasteiger partial charge < -0.3 is 15.5 Å².